The van der Waals surface area contributed by atoms with E-state index in [0.717, 1.165) is 12.8 Å². The average Bonchev–Trinajstić information content (AvgIpc) is 3.24. The van der Waals surface area contributed by atoms with E-state index in [1.807, 2.05) is 0 Å². The summed E-state index contributed by atoms with van der Waals surface area (Å²) < 4.78 is 36.6. The molecular weight excluding hydrogens is 317 g/mol. The first-order valence-electron chi connectivity index (χ1n) is 6.30. The van der Waals surface area contributed by atoms with Crippen molar-refractivity contribution in [3.63, 3.8) is 0 Å². The van der Waals surface area contributed by atoms with Crippen molar-refractivity contribution in [3.05, 3.63) is 35.6 Å². The fraction of sp³-hybridized carbons (Fsp3) is 0.286. The SMILES string of the molecule is N#C/C(C(=O)Nc1ccc(SC(F)(F)F)cc1)=C(/O)C1CC1. The van der Waals surface area contributed by atoms with Crippen molar-refractivity contribution in [2.24, 2.45) is 5.92 Å². The van der Waals surface area contributed by atoms with Crippen LogP contribution in [0.1, 0.15) is 12.8 Å². The Balaban J connectivity index is 2.06. The number of carbonyl (C=O) groups is 1. The molecule has 116 valence electrons. The summed E-state index contributed by atoms with van der Waals surface area (Å²) in [4.78, 5) is 11.9. The van der Waals surface area contributed by atoms with Crippen LogP contribution in [0.5, 0.6) is 0 Å². The van der Waals surface area contributed by atoms with Crippen molar-refractivity contribution >= 4 is 23.4 Å². The van der Waals surface area contributed by atoms with Crippen LogP contribution in [0.15, 0.2) is 40.5 Å². The fourth-order valence-corrected chi connectivity index (χ4v) is 2.26. The molecule has 2 rings (SSSR count). The zero-order valence-electron chi connectivity index (χ0n) is 11.1. The predicted molar refractivity (Wildman–Crippen MR) is 75.0 cm³/mol. The van der Waals surface area contributed by atoms with E-state index >= 15 is 0 Å². The molecule has 1 aromatic rings. The number of anilines is 1. The number of aliphatic hydroxyl groups is 1. The molecule has 1 fully saturated rings. The quantitative estimate of drug-likeness (QED) is 0.379. The van der Waals surface area contributed by atoms with Gasteiger partial charge in [0.15, 0.2) is 5.57 Å². The van der Waals surface area contributed by atoms with Crippen LogP contribution >= 0.6 is 11.8 Å². The van der Waals surface area contributed by atoms with Crippen molar-refractivity contribution in [1.82, 2.24) is 0 Å². The Morgan fingerprint density at radius 3 is 2.36 bits per heavy atom. The third-order valence-corrected chi connectivity index (χ3v) is 3.64. The second-order valence-electron chi connectivity index (χ2n) is 4.67. The highest BCUT2D eigenvalue weighted by molar-refractivity contribution is 8.00. The summed E-state index contributed by atoms with van der Waals surface area (Å²) in [7, 11) is 0. The maximum Gasteiger partial charge on any atom is 0.446 e. The summed E-state index contributed by atoms with van der Waals surface area (Å²) in [5, 5.41) is 21.0. The summed E-state index contributed by atoms with van der Waals surface area (Å²) in [6.07, 6.45) is 1.46. The van der Waals surface area contributed by atoms with Gasteiger partial charge >= 0.3 is 5.51 Å². The normalized spacial score (nSPS) is 15.7. The van der Waals surface area contributed by atoms with Crippen LogP contribution in [0.4, 0.5) is 18.9 Å². The number of benzene rings is 1. The maximum absolute atomic E-state index is 12.2. The highest BCUT2D eigenvalue weighted by Gasteiger charge is 2.31. The van der Waals surface area contributed by atoms with Crippen molar-refractivity contribution in [3.8, 4) is 6.07 Å². The van der Waals surface area contributed by atoms with Gasteiger partial charge < -0.3 is 10.4 Å². The summed E-state index contributed by atoms with van der Waals surface area (Å²) in [5.41, 5.74) is -4.50. The Morgan fingerprint density at radius 2 is 1.91 bits per heavy atom. The Hall–Kier alpha value is -2.14. The van der Waals surface area contributed by atoms with Gasteiger partial charge in [0.05, 0.1) is 0 Å². The second kappa shape index (κ2) is 6.32. The maximum atomic E-state index is 12.2. The first kappa shape index (κ1) is 16.2. The van der Waals surface area contributed by atoms with Crippen LogP contribution in [0.25, 0.3) is 0 Å². The van der Waals surface area contributed by atoms with Crippen LogP contribution in [0.2, 0.25) is 0 Å². The molecule has 1 aliphatic rings. The van der Waals surface area contributed by atoms with Gasteiger partial charge in [-0.05, 0) is 48.9 Å². The van der Waals surface area contributed by atoms with Crippen molar-refractivity contribution in [2.75, 3.05) is 5.32 Å². The lowest BCUT2D eigenvalue weighted by Gasteiger charge is -2.08. The number of hydrogen-bond donors (Lipinski definition) is 2. The van der Waals surface area contributed by atoms with Crippen molar-refractivity contribution < 1.29 is 23.1 Å². The molecule has 0 heterocycles. The van der Waals surface area contributed by atoms with E-state index in [0.29, 0.717) is 0 Å². The lowest BCUT2D eigenvalue weighted by molar-refractivity contribution is -0.112. The van der Waals surface area contributed by atoms with Gasteiger partial charge in [0, 0.05) is 16.5 Å². The standard InChI is InChI=1S/C14H11F3N2O2S/c15-14(16,17)22-10-5-3-9(4-6-10)19-13(21)11(7-18)12(20)8-1-2-8/h3-6,8,20H,1-2H2,(H,19,21)/b12-11-. The number of carbonyl (C=O) groups excluding carboxylic acids is 1. The van der Waals surface area contributed by atoms with Gasteiger partial charge in [0.1, 0.15) is 11.8 Å². The zero-order chi connectivity index (χ0) is 16.3. The van der Waals surface area contributed by atoms with Gasteiger partial charge in [0.2, 0.25) is 0 Å². The smallest absolute Gasteiger partial charge is 0.446 e. The van der Waals surface area contributed by atoms with Gasteiger partial charge in [-0.15, -0.1) is 0 Å². The van der Waals surface area contributed by atoms with Crippen LogP contribution in [-0.2, 0) is 4.79 Å². The Bertz CT molecular complexity index is 644. The summed E-state index contributed by atoms with van der Waals surface area (Å²) in [6, 6.07) is 6.68. The van der Waals surface area contributed by atoms with Crippen LogP contribution in [0.3, 0.4) is 0 Å². The molecule has 0 bridgehead atoms. The number of nitrogens with one attached hydrogen (secondary N) is 1. The van der Waals surface area contributed by atoms with E-state index in [1.54, 1.807) is 6.07 Å². The fourth-order valence-electron chi connectivity index (χ4n) is 1.72. The van der Waals surface area contributed by atoms with E-state index in [4.69, 9.17) is 5.26 Å². The van der Waals surface area contributed by atoms with Gasteiger partial charge in [-0.3, -0.25) is 4.79 Å². The zero-order valence-corrected chi connectivity index (χ0v) is 12.0. The third kappa shape index (κ3) is 4.43. The molecule has 22 heavy (non-hydrogen) atoms. The number of nitriles is 1. The molecule has 1 saturated carbocycles. The Morgan fingerprint density at radius 1 is 1.32 bits per heavy atom. The number of rotatable bonds is 4. The van der Waals surface area contributed by atoms with E-state index in [9.17, 15) is 23.1 Å². The average molecular weight is 328 g/mol. The Kier molecular flexibility index (Phi) is 4.66. The molecule has 0 radical (unpaired) electrons. The molecule has 8 heteroatoms. The summed E-state index contributed by atoms with van der Waals surface area (Å²) in [5.74, 6) is -1.15. The second-order valence-corrected chi connectivity index (χ2v) is 5.81. The van der Waals surface area contributed by atoms with E-state index in [1.165, 1.54) is 24.3 Å². The Labute approximate surface area is 128 Å². The number of aliphatic hydroxyl groups excluding tert-OH is 1. The largest absolute Gasteiger partial charge is 0.510 e. The molecule has 4 nitrogen and oxygen atoms in total. The number of allylic oxidation sites excluding steroid dienone is 1. The number of thioether (sulfide) groups is 1. The van der Waals surface area contributed by atoms with E-state index in [2.05, 4.69) is 5.32 Å². The molecule has 0 aromatic heterocycles. The predicted octanol–water partition coefficient (Wildman–Crippen LogP) is 3.98. The first-order chi connectivity index (χ1) is 10.3. The molecule has 0 spiro atoms. The van der Waals surface area contributed by atoms with Crippen LogP contribution in [-0.4, -0.2) is 16.5 Å². The molecule has 0 saturated heterocycles. The number of alkyl halides is 3. The lowest BCUT2D eigenvalue weighted by atomic mass is 10.1. The number of amides is 1. The van der Waals surface area contributed by atoms with Crippen LogP contribution < -0.4 is 5.32 Å². The number of hydrogen-bond acceptors (Lipinski definition) is 4. The van der Waals surface area contributed by atoms with E-state index < -0.39 is 11.4 Å². The van der Waals surface area contributed by atoms with Gasteiger partial charge in [-0.2, -0.15) is 18.4 Å². The lowest BCUT2D eigenvalue weighted by Crippen LogP contribution is -2.15. The number of halogens is 3. The van der Waals surface area contributed by atoms with Gasteiger partial charge in [-0.25, -0.2) is 0 Å². The van der Waals surface area contributed by atoms with Crippen molar-refractivity contribution in [2.45, 2.75) is 23.2 Å². The molecule has 0 aliphatic heterocycles. The highest BCUT2D eigenvalue weighted by atomic mass is 32.2. The van der Waals surface area contributed by atoms with E-state index in [-0.39, 0.29) is 39.6 Å². The molecular formula is C14H11F3N2O2S. The summed E-state index contributed by atoms with van der Waals surface area (Å²) in [6.45, 7) is 0. The summed E-state index contributed by atoms with van der Waals surface area (Å²) >= 11 is -0.258. The molecule has 0 atom stereocenters. The molecule has 1 amide bonds. The molecule has 1 aromatic carbocycles. The highest BCUT2D eigenvalue weighted by Crippen LogP contribution is 2.38. The van der Waals surface area contributed by atoms with Gasteiger partial charge in [-0.1, -0.05) is 0 Å². The molecule has 2 N–H and O–H groups in total. The van der Waals surface area contributed by atoms with Crippen LogP contribution in [0, 0.1) is 17.2 Å². The first-order valence-corrected chi connectivity index (χ1v) is 7.12. The minimum atomic E-state index is -4.38. The molecule has 1 aliphatic carbocycles. The van der Waals surface area contributed by atoms with Gasteiger partial charge in [0.25, 0.3) is 5.91 Å². The number of nitrogens with zero attached hydrogens (tertiary/aromatic N) is 1. The molecule has 0 unspecified atom stereocenters. The van der Waals surface area contributed by atoms with Crippen molar-refractivity contribution in [1.29, 1.82) is 5.26 Å². The minimum Gasteiger partial charge on any atom is -0.510 e. The monoisotopic (exact) mass is 328 g/mol. The third-order valence-electron chi connectivity index (χ3n) is 2.90. The topological polar surface area (TPSA) is 73.1 Å². The minimum absolute atomic E-state index is 0.0117.